The number of ketones is 1. The summed E-state index contributed by atoms with van der Waals surface area (Å²) < 4.78 is 55.6. The summed E-state index contributed by atoms with van der Waals surface area (Å²) in [6, 6.07) is 8.50. The van der Waals surface area contributed by atoms with Crippen LogP contribution in [-0.2, 0) is 0 Å². The van der Waals surface area contributed by atoms with Crippen LogP contribution in [0.5, 0.6) is 5.75 Å². The topological polar surface area (TPSA) is 98.5 Å². The van der Waals surface area contributed by atoms with Crippen molar-refractivity contribution in [2.75, 3.05) is 5.32 Å². The van der Waals surface area contributed by atoms with Crippen LogP contribution in [0.2, 0.25) is 0 Å². The Hall–Kier alpha value is -4.35. The van der Waals surface area contributed by atoms with Gasteiger partial charge in [0.15, 0.2) is 11.4 Å². The van der Waals surface area contributed by atoms with Gasteiger partial charge < -0.3 is 10.1 Å². The van der Waals surface area contributed by atoms with Crippen LogP contribution in [0, 0.1) is 5.82 Å². The maximum Gasteiger partial charge on any atom is 0.573 e. The minimum absolute atomic E-state index is 0.0292. The fourth-order valence-corrected chi connectivity index (χ4v) is 3.09. The maximum absolute atomic E-state index is 13.6. The molecule has 8 nitrogen and oxygen atoms in total. The molecule has 2 aromatic heterocycles. The largest absolute Gasteiger partial charge is 0.573 e. The second-order valence-corrected chi connectivity index (χ2v) is 7.00. The number of nitrogens with one attached hydrogen (secondary N) is 1. The van der Waals surface area contributed by atoms with Crippen molar-refractivity contribution in [1.82, 2.24) is 19.6 Å². The van der Waals surface area contributed by atoms with E-state index in [4.69, 9.17) is 0 Å². The van der Waals surface area contributed by atoms with Gasteiger partial charge in [0.2, 0.25) is 5.82 Å². The number of nitrogens with zero attached hydrogens (tertiary/aromatic N) is 4. The molecule has 0 saturated heterocycles. The number of amides is 1. The van der Waals surface area contributed by atoms with Gasteiger partial charge in [-0.05, 0) is 42.5 Å². The van der Waals surface area contributed by atoms with Gasteiger partial charge in [-0.15, -0.1) is 18.3 Å². The Morgan fingerprint density at radius 3 is 2.53 bits per heavy atom. The van der Waals surface area contributed by atoms with Crippen LogP contribution in [-0.4, -0.2) is 37.6 Å². The van der Waals surface area contributed by atoms with Crippen molar-refractivity contribution in [3.05, 3.63) is 72.1 Å². The second kappa shape index (κ2) is 8.89. The van der Waals surface area contributed by atoms with Crippen molar-refractivity contribution in [2.45, 2.75) is 19.7 Å². The molecular formula is C22H15F4N5O3. The minimum atomic E-state index is -4.80. The summed E-state index contributed by atoms with van der Waals surface area (Å²) in [5, 5.41) is 6.60. The quantitative estimate of drug-likeness (QED) is 0.323. The molecule has 0 unspecified atom stereocenters. The third kappa shape index (κ3) is 5.00. The SMILES string of the molecule is CCC(=O)c1cc(F)ccc1NC(=O)c1nc2cnc(-c3ccc(OC(F)(F)F)cc3)cn2n1. The van der Waals surface area contributed by atoms with Gasteiger partial charge >= 0.3 is 6.36 Å². The zero-order valence-electron chi connectivity index (χ0n) is 17.4. The Kier molecular flexibility index (Phi) is 5.97. The molecule has 0 spiro atoms. The highest BCUT2D eigenvalue weighted by molar-refractivity contribution is 6.08. The number of Topliss-reactive ketones (excluding diaryl/α,β-unsaturated/α-hetero) is 1. The van der Waals surface area contributed by atoms with Crippen LogP contribution in [0.25, 0.3) is 16.9 Å². The Labute approximate surface area is 189 Å². The molecule has 0 bridgehead atoms. The molecule has 34 heavy (non-hydrogen) atoms. The fourth-order valence-electron chi connectivity index (χ4n) is 3.09. The Morgan fingerprint density at radius 1 is 1.12 bits per heavy atom. The van der Waals surface area contributed by atoms with Gasteiger partial charge in [-0.2, -0.15) is 0 Å². The number of hydrogen-bond acceptors (Lipinski definition) is 6. The summed E-state index contributed by atoms with van der Waals surface area (Å²) >= 11 is 0. The van der Waals surface area contributed by atoms with E-state index in [0.29, 0.717) is 11.3 Å². The predicted molar refractivity (Wildman–Crippen MR) is 112 cm³/mol. The second-order valence-electron chi connectivity index (χ2n) is 7.00. The Bertz CT molecular complexity index is 1380. The predicted octanol–water partition coefficient (Wildman–Crippen LogP) is 4.67. The van der Waals surface area contributed by atoms with Gasteiger partial charge in [0.1, 0.15) is 11.6 Å². The molecule has 0 radical (unpaired) electrons. The molecule has 0 saturated carbocycles. The smallest absolute Gasteiger partial charge is 0.406 e. The Morgan fingerprint density at radius 2 is 1.85 bits per heavy atom. The summed E-state index contributed by atoms with van der Waals surface area (Å²) in [5.41, 5.74) is 1.22. The van der Waals surface area contributed by atoms with E-state index in [0.717, 1.165) is 24.3 Å². The number of anilines is 1. The minimum Gasteiger partial charge on any atom is -0.406 e. The summed E-state index contributed by atoms with van der Waals surface area (Å²) in [6.07, 6.45) is -1.89. The lowest BCUT2D eigenvalue weighted by molar-refractivity contribution is -0.274. The number of halogens is 4. The molecule has 0 aliphatic rings. The number of fused-ring (bicyclic) bond motifs is 1. The lowest BCUT2D eigenvalue weighted by Crippen LogP contribution is -2.16. The number of carbonyl (C=O) groups is 2. The summed E-state index contributed by atoms with van der Waals surface area (Å²) in [6.45, 7) is 1.62. The van der Waals surface area contributed by atoms with Crippen LogP contribution >= 0.6 is 0 Å². The highest BCUT2D eigenvalue weighted by Gasteiger charge is 2.31. The number of benzene rings is 2. The third-order valence-corrected chi connectivity index (χ3v) is 4.66. The van der Waals surface area contributed by atoms with Gasteiger partial charge in [-0.3, -0.25) is 14.6 Å². The summed E-state index contributed by atoms with van der Waals surface area (Å²) in [5.74, 6) is -2.29. The number of aromatic nitrogens is 4. The number of rotatable bonds is 6. The van der Waals surface area contributed by atoms with Crippen molar-refractivity contribution in [3.8, 4) is 17.0 Å². The van der Waals surface area contributed by atoms with Crippen molar-refractivity contribution in [1.29, 1.82) is 0 Å². The molecule has 0 fully saturated rings. The summed E-state index contributed by atoms with van der Waals surface area (Å²) in [7, 11) is 0. The van der Waals surface area contributed by atoms with E-state index in [1.54, 1.807) is 6.92 Å². The first-order valence-corrected chi connectivity index (χ1v) is 9.85. The van der Waals surface area contributed by atoms with Crippen molar-refractivity contribution >= 4 is 23.0 Å². The van der Waals surface area contributed by atoms with Gasteiger partial charge in [0, 0.05) is 17.5 Å². The maximum atomic E-state index is 13.6. The molecule has 0 aliphatic heterocycles. The molecule has 1 amide bonds. The molecule has 174 valence electrons. The molecular weight excluding hydrogens is 458 g/mol. The van der Waals surface area contributed by atoms with E-state index >= 15 is 0 Å². The van der Waals surface area contributed by atoms with E-state index in [1.165, 1.54) is 35.1 Å². The first kappa shape index (κ1) is 22.8. The molecule has 0 aliphatic carbocycles. The van der Waals surface area contributed by atoms with E-state index in [1.807, 2.05) is 0 Å². The van der Waals surface area contributed by atoms with Gasteiger partial charge in [-0.1, -0.05) is 6.92 Å². The number of ether oxygens (including phenoxy) is 1. The van der Waals surface area contributed by atoms with E-state index in [9.17, 15) is 27.2 Å². The first-order chi connectivity index (χ1) is 16.1. The zero-order valence-corrected chi connectivity index (χ0v) is 17.4. The first-order valence-electron chi connectivity index (χ1n) is 9.85. The monoisotopic (exact) mass is 473 g/mol. The Balaban J connectivity index is 1.57. The lowest BCUT2D eigenvalue weighted by Gasteiger charge is -2.09. The van der Waals surface area contributed by atoms with E-state index < -0.39 is 18.1 Å². The molecule has 2 heterocycles. The van der Waals surface area contributed by atoms with Gasteiger partial charge in [-0.25, -0.2) is 13.9 Å². The standard InChI is InChI=1S/C22H15F4N5O3/c1-2-18(32)15-9-13(23)5-8-16(15)28-21(33)20-29-19-10-27-17(11-31(19)30-20)12-3-6-14(7-4-12)34-22(24,25)26/h3-11H,2H2,1H3,(H,28,33). The van der Waals surface area contributed by atoms with E-state index in [2.05, 4.69) is 25.1 Å². The average Bonchev–Trinajstić information content (AvgIpc) is 3.23. The van der Waals surface area contributed by atoms with E-state index in [-0.39, 0.29) is 40.7 Å². The number of hydrogen-bond donors (Lipinski definition) is 1. The average molecular weight is 473 g/mol. The van der Waals surface area contributed by atoms with Crippen molar-refractivity contribution in [2.24, 2.45) is 0 Å². The molecule has 1 N–H and O–H groups in total. The van der Waals surface area contributed by atoms with Crippen LogP contribution in [0.15, 0.2) is 54.9 Å². The van der Waals surface area contributed by atoms with Crippen LogP contribution in [0.1, 0.15) is 34.3 Å². The highest BCUT2D eigenvalue weighted by Crippen LogP contribution is 2.26. The normalized spacial score (nSPS) is 11.4. The van der Waals surface area contributed by atoms with Crippen LogP contribution in [0.3, 0.4) is 0 Å². The molecule has 0 atom stereocenters. The fraction of sp³-hybridized carbons (Fsp3) is 0.136. The third-order valence-electron chi connectivity index (χ3n) is 4.66. The van der Waals surface area contributed by atoms with Crippen molar-refractivity contribution in [3.63, 3.8) is 0 Å². The number of carbonyl (C=O) groups excluding carboxylic acids is 2. The lowest BCUT2D eigenvalue weighted by atomic mass is 10.1. The van der Waals surface area contributed by atoms with Crippen molar-refractivity contribution < 1.29 is 31.9 Å². The van der Waals surface area contributed by atoms with Crippen LogP contribution in [0.4, 0.5) is 23.2 Å². The van der Waals surface area contributed by atoms with Crippen LogP contribution < -0.4 is 10.1 Å². The molecule has 4 aromatic rings. The summed E-state index contributed by atoms with van der Waals surface area (Å²) in [4.78, 5) is 33.0. The highest BCUT2D eigenvalue weighted by atomic mass is 19.4. The molecule has 2 aromatic carbocycles. The molecule has 12 heteroatoms. The van der Waals surface area contributed by atoms with Gasteiger partial charge in [0.05, 0.1) is 23.8 Å². The van der Waals surface area contributed by atoms with Gasteiger partial charge in [0.25, 0.3) is 5.91 Å². The number of alkyl halides is 3. The molecule has 4 rings (SSSR count). The zero-order chi connectivity index (χ0) is 24.5.